The number of rotatable bonds is 5. The topological polar surface area (TPSA) is 61.7 Å². The number of carbonyl (C=O) groups is 2. The highest BCUT2D eigenvalue weighted by Gasteiger charge is 2.25. The molecule has 2 aliphatic rings. The monoisotopic (exact) mass is 381 g/mol. The highest BCUT2D eigenvalue weighted by Crippen LogP contribution is 2.12. The molecule has 7 heteroatoms. The zero-order valence-corrected chi connectivity index (χ0v) is 16.2. The van der Waals surface area contributed by atoms with Crippen molar-refractivity contribution in [2.24, 2.45) is 0 Å². The summed E-state index contributed by atoms with van der Waals surface area (Å²) in [6, 6.07) is 9.88. The number of para-hydroxylation sites is 1. The van der Waals surface area contributed by atoms with Gasteiger partial charge in [0, 0.05) is 45.5 Å². The van der Waals surface area contributed by atoms with Crippen LogP contribution in [0.3, 0.4) is 0 Å². The molecule has 0 aliphatic carbocycles. The van der Waals surface area contributed by atoms with Crippen molar-refractivity contribution >= 4 is 11.8 Å². The van der Waals surface area contributed by atoms with Crippen LogP contribution in [0, 0.1) is 0 Å². The maximum atomic E-state index is 12.6. The second kappa shape index (κ2) is 8.56. The standard InChI is InChI=1S/C21H27N5O2/c27-20(14-18-15-22-26(16-18)19-6-2-1-3-7-19)25-12-10-23(11-13-25)17-21(28)24-8-4-5-9-24/h1-3,6-7,15-16H,4-5,8-14,17H2. The van der Waals surface area contributed by atoms with E-state index < -0.39 is 0 Å². The molecule has 2 amide bonds. The van der Waals surface area contributed by atoms with Crippen molar-refractivity contribution in [2.75, 3.05) is 45.8 Å². The summed E-state index contributed by atoms with van der Waals surface area (Å²) in [6.07, 6.45) is 6.28. The fourth-order valence-electron chi connectivity index (χ4n) is 3.87. The van der Waals surface area contributed by atoms with E-state index >= 15 is 0 Å². The molecule has 0 radical (unpaired) electrons. The summed E-state index contributed by atoms with van der Waals surface area (Å²) < 4.78 is 1.80. The quantitative estimate of drug-likeness (QED) is 0.780. The van der Waals surface area contributed by atoms with E-state index in [4.69, 9.17) is 0 Å². The van der Waals surface area contributed by atoms with Gasteiger partial charge in [0.2, 0.25) is 11.8 Å². The van der Waals surface area contributed by atoms with Gasteiger partial charge < -0.3 is 9.80 Å². The highest BCUT2D eigenvalue weighted by atomic mass is 16.2. The summed E-state index contributed by atoms with van der Waals surface area (Å²) >= 11 is 0. The van der Waals surface area contributed by atoms with E-state index in [1.54, 1.807) is 10.9 Å². The zero-order chi connectivity index (χ0) is 19.3. The molecule has 0 N–H and O–H groups in total. The molecule has 1 aromatic heterocycles. The molecule has 28 heavy (non-hydrogen) atoms. The molecule has 3 heterocycles. The largest absolute Gasteiger partial charge is 0.342 e. The number of likely N-dealkylation sites (tertiary alicyclic amines) is 1. The molecule has 148 valence electrons. The number of hydrogen-bond acceptors (Lipinski definition) is 4. The lowest BCUT2D eigenvalue weighted by Crippen LogP contribution is -2.51. The summed E-state index contributed by atoms with van der Waals surface area (Å²) in [7, 11) is 0. The first-order valence-electron chi connectivity index (χ1n) is 10.1. The third kappa shape index (κ3) is 4.42. The first-order valence-corrected chi connectivity index (χ1v) is 10.1. The second-order valence-corrected chi connectivity index (χ2v) is 7.55. The van der Waals surface area contributed by atoms with E-state index in [1.165, 1.54) is 0 Å². The van der Waals surface area contributed by atoms with E-state index in [0.717, 1.165) is 50.3 Å². The Kier molecular flexibility index (Phi) is 5.71. The maximum absolute atomic E-state index is 12.6. The Labute approximate surface area is 165 Å². The predicted octanol–water partition coefficient (Wildman–Crippen LogP) is 1.18. The molecule has 2 aromatic rings. The molecule has 2 aliphatic heterocycles. The van der Waals surface area contributed by atoms with Crippen molar-refractivity contribution in [2.45, 2.75) is 19.3 Å². The number of hydrogen-bond donors (Lipinski definition) is 0. The molecule has 1 aromatic carbocycles. The SMILES string of the molecule is O=C(Cc1cnn(-c2ccccc2)c1)N1CCN(CC(=O)N2CCCC2)CC1. The van der Waals surface area contributed by atoms with Gasteiger partial charge in [0.15, 0.2) is 0 Å². The van der Waals surface area contributed by atoms with Crippen molar-refractivity contribution in [3.63, 3.8) is 0 Å². The van der Waals surface area contributed by atoms with Crippen molar-refractivity contribution in [3.8, 4) is 5.69 Å². The molecule has 4 rings (SSSR count). The van der Waals surface area contributed by atoms with Crippen LogP contribution in [-0.4, -0.2) is 82.1 Å². The van der Waals surface area contributed by atoms with E-state index in [-0.39, 0.29) is 11.8 Å². The molecule has 0 bridgehead atoms. The van der Waals surface area contributed by atoms with E-state index in [2.05, 4.69) is 10.00 Å². The average molecular weight is 381 g/mol. The van der Waals surface area contributed by atoms with Crippen LogP contribution in [0.5, 0.6) is 0 Å². The summed E-state index contributed by atoms with van der Waals surface area (Å²) in [5.41, 5.74) is 1.90. The molecule has 2 fully saturated rings. The summed E-state index contributed by atoms with van der Waals surface area (Å²) in [4.78, 5) is 31.0. The minimum absolute atomic E-state index is 0.123. The number of piperazine rings is 1. The van der Waals surface area contributed by atoms with Gasteiger partial charge in [-0.05, 0) is 30.5 Å². The fraction of sp³-hybridized carbons (Fsp3) is 0.476. The molecule has 0 atom stereocenters. The van der Waals surface area contributed by atoms with E-state index in [9.17, 15) is 9.59 Å². The van der Waals surface area contributed by atoms with Gasteiger partial charge >= 0.3 is 0 Å². The smallest absolute Gasteiger partial charge is 0.236 e. The lowest BCUT2D eigenvalue weighted by molar-refractivity contribution is -0.134. The van der Waals surface area contributed by atoms with Gasteiger partial charge in [-0.3, -0.25) is 14.5 Å². The molecule has 0 saturated carbocycles. The Morgan fingerprint density at radius 3 is 2.25 bits per heavy atom. The van der Waals surface area contributed by atoms with E-state index in [0.29, 0.717) is 26.1 Å². The fourth-order valence-corrected chi connectivity index (χ4v) is 3.87. The third-order valence-electron chi connectivity index (χ3n) is 5.55. The van der Waals surface area contributed by atoms with Gasteiger partial charge in [-0.25, -0.2) is 4.68 Å². The molecule has 7 nitrogen and oxygen atoms in total. The minimum Gasteiger partial charge on any atom is -0.342 e. The van der Waals surface area contributed by atoms with Gasteiger partial charge in [-0.2, -0.15) is 5.10 Å². The normalized spacial score (nSPS) is 17.9. The van der Waals surface area contributed by atoms with Gasteiger partial charge in [0.05, 0.1) is 24.8 Å². The van der Waals surface area contributed by atoms with E-state index in [1.807, 2.05) is 46.3 Å². The maximum Gasteiger partial charge on any atom is 0.236 e. The molecular formula is C21H27N5O2. The van der Waals surface area contributed by atoms with Crippen molar-refractivity contribution in [1.29, 1.82) is 0 Å². The molecule has 0 spiro atoms. The molecule has 0 unspecified atom stereocenters. The van der Waals surface area contributed by atoms with Gasteiger partial charge in [-0.15, -0.1) is 0 Å². The van der Waals surface area contributed by atoms with Crippen LogP contribution in [-0.2, 0) is 16.0 Å². The lowest BCUT2D eigenvalue weighted by atomic mass is 10.2. The first kappa shape index (κ1) is 18.7. The highest BCUT2D eigenvalue weighted by molar-refractivity contribution is 5.79. The van der Waals surface area contributed by atoms with Crippen LogP contribution >= 0.6 is 0 Å². The number of amides is 2. The lowest BCUT2D eigenvalue weighted by Gasteiger charge is -2.35. The Balaban J connectivity index is 1.25. The summed E-state index contributed by atoms with van der Waals surface area (Å²) in [5.74, 6) is 0.351. The van der Waals surface area contributed by atoms with Crippen LogP contribution in [0.25, 0.3) is 5.69 Å². The first-order chi connectivity index (χ1) is 13.7. The summed E-state index contributed by atoms with van der Waals surface area (Å²) in [6.45, 7) is 5.15. The van der Waals surface area contributed by atoms with Gasteiger partial charge in [-0.1, -0.05) is 18.2 Å². The zero-order valence-electron chi connectivity index (χ0n) is 16.2. The van der Waals surface area contributed by atoms with Crippen LogP contribution in [0.1, 0.15) is 18.4 Å². The Hall–Kier alpha value is -2.67. The van der Waals surface area contributed by atoms with Gasteiger partial charge in [0.25, 0.3) is 0 Å². The number of aromatic nitrogens is 2. The van der Waals surface area contributed by atoms with Crippen molar-refractivity contribution < 1.29 is 9.59 Å². The summed E-state index contributed by atoms with van der Waals surface area (Å²) in [5, 5.41) is 4.36. The Morgan fingerprint density at radius 2 is 1.54 bits per heavy atom. The Morgan fingerprint density at radius 1 is 0.857 bits per heavy atom. The minimum atomic E-state index is 0.123. The number of nitrogens with zero attached hydrogens (tertiary/aromatic N) is 5. The number of carbonyl (C=O) groups excluding carboxylic acids is 2. The molecule has 2 saturated heterocycles. The Bertz CT molecular complexity index is 805. The van der Waals surface area contributed by atoms with Crippen molar-refractivity contribution in [1.82, 2.24) is 24.5 Å². The third-order valence-corrected chi connectivity index (χ3v) is 5.55. The van der Waals surface area contributed by atoms with Crippen LogP contribution in [0.4, 0.5) is 0 Å². The second-order valence-electron chi connectivity index (χ2n) is 7.55. The van der Waals surface area contributed by atoms with Crippen molar-refractivity contribution in [3.05, 3.63) is 48.3 Å². The van der Waals surface area contributed by atoms with Crippen LogP contribution in [0.2, 0.25) is 0 Å². The van der Waals surface area contributed by atoms with Crippen LogP contribution in [0.15, 0.2) is 42.7 Å². The molecular weight excluding hydrogens is 354 g/mol. The van der Waals surface area contributed by atoms with Gasteiger partial charge in [0.1, 0.15) is 0 Å². The number of benzene rings is 1. The average Bonchev–Trinajstić information content (AvgIpc) is 3.41. The predicted molar refractivity (Wildman–Crippen MR) is 106 cm³/mol. The van der Waals surface area contributed by atoms with Crippen LogP contribution < -0.4 is 0 Å².